The Labute approximate surface area is 406 Å². The van der Waals surface area contributed by atoms with Crippen LogP contribution in [0, 0.1) is 13.8 Å². The van der Waals surface area contributed by atoms with Crippen LogP contribution >= 0.6 is 0 Å². The summed E-state index contributed by atoms with van der Waals surface area (Å²) in [6.07, 6.45) is 0. The first kappa shape index (κ1) is 50.7. The van der Waals surface area contributed by atoms with Gasteiger partial charge in [-0.3, -0.25) is 28.9 Å². The number of phenols is 1. The minimum Gasteiger partial charge on any atom is -0.505 e. The molecule has 0 aromatic heterocycles. The van der Waals surface area contributed by atoms with Gasteiger partial charge in [0.1, 0.15) is 44.0 Å². The van der Waals surface area contributed by atoms with Crippen molar-refractivity contribution in [3.05, 3.63) is 138 Å². The van der Waals surface area contributed by atoms with Gasteiger partial charge in [-0.05, 0) is 121 Å². The van der Waals surface area contributed by atoms with E-state index in [0.29, 0.717) is 51.3 Å². The molecule has 0 radical (unpaired) electrons. The van der Waals surface area contributed by atoms with E-state index < -0.39 is 62.4 Å². The van der Waals surface area contributed by atoms with Crippen molar-refractivity contribution in [3.8, 4) is 17.2 Å². The van der Waals surface area contributed by atoms with Crippen LogP contribution in [0.2, 0.25) is 0 Å². The quantitative estimate of drug-likeness (QED) is 0.0298. The number of carbonyl (C=O) groups is 1. The molecule has 0 atom stereocenters. The molecule has 25 heteroatoms. The van der Waals surface area contributed by atoms with Crippen molar-refractivity contribution in [2.24, 2.45) is 30.7 Å². The number of hydrazine groups is 1. The predicted octanol–water partition coefficient (Wildman–Crippen LogP) is 10.9. The van der Waals surface area contributed by atoms with Crippen LogP contribution in [-0.4, -0.2) is 71.2 Å². The van der Waals surface area contributed by atoms with Gasteiger partial charge in [0.15, 0.2) is 5.75 Å². The average Bonchev–Trinajstić information content (AvgIpc) is 3.32. The van der Waals surface area contributed by atoms with E-state index in [1.807, 2.05) is 13.0 Å². The number of benzene rings is 7. The largest absolute Gasteiger partial charge is 0.505 e. The molecule has 0 aliphatic carbocycles. The number of azo groups is 3. The van der Waals surface area contributed by atoms with Gasteiger partial charge >= 0.3 is 0 Å². The maximum absolute atomic E-state index is 12.7. The number of nitrogens with one attached hydrogen (secondary N) is 2. The van der Waals surface area contributed by atoms with Gasteiger partial charge in [0.2, 0.25) is 0 Å². The molecule has 7 aromatic carbocycles. The number of hydrogen-bond acceptors (Lipinski definition) is 18. The van der Waals surface area contributed by atoms with E-state index in [0.717, 1.165) is 23.8 Å². The molecule has 0 fully saturated rings. The Morgan fingerprint density at radius 1 is 0.592 bits per heavy atom. The van der Waals surface area contributed by atoms with Crippen molar-refractivity contribution in [2.75, 3.05) is 37.0 Å². The molecule has 71 heavy (non-hydrogen) atoms. The zero-order chi connectivity index (χ0) is 51.4. The highest BCUT2D eigenvalue weighted by Crippen LogP contribution is 2.45. The highest BCUT2D eigenvalue weighted by atomic mass is 32.2. The van der Waals surface area contributed by atoms with Gasteiger partial charge in [-0.15, -0.1) is 15.3 Å². The number of amides is 1. The van der Waals surface area contributed by atoms with Crippen LogP contribution in [-0.2, 0) is 30.4 Å². The van der Waals surface area contributed by atoms with Crippen LogP contribution in [0.25, 0.3) is 10.8 Å². The molecule has 1 amide bonds. The Morgan fingerprint density at radius 2 is 1.21 bits per heavy atom. The molecule has 0 spiro atoms. The molecule has 0 aliphatic heterocycles. The number of phenolic OH excluding ortho intramolecular Hbond substituents is 1. The van der Waals surface area contributed by atoms with Crippen molar-refractivity contribution in [2.45, 2.75) is 28.5 Å². The molecule has 0 heterocycles. The summed E-state index contributed by atoms with van der Waals surface area (Å²) in [5.41, 5.74) is 6.75. The van der Waals surface area contributed by atoms with Crippen LogP contribution in [0.3, 0.4) is 0 Å². The number of rotatable bonds is 16. The van der Waals surface area contributed by atoms with Gasteiger partial charge in [-0.25, -0.2) is 0 Å². The fourth-order valence-corrected chi connectivity index (χ4v) is 8.74. The maximum atomic E-state index is 12.7. The zero-order valence-corrected chi connectivity index (χ0v) is 40.3. The summed E-state index contributed by atoms with van der Waals surface area (Å²) in [5, 5.41) is 40.9. The third-order valence-electron chi connectivity index (χ3n) is 10.5. The molecule has 0 saturated heterocycles. The maximum Gasteiger partial charge on any atom is 0.296 e. The van der Waals surface area contributed by atoms with Crippen LogP contribution in [0.15, 0.2) is 167 Å². The molecule has 7 aromatic rings. The second-order valence-corrected chi connectivity index (χ2v) is 19.5. The van der Waals surface area contributed by atoms with Crippen molar-refractivity contribution < 1.29 is 58.3 Å². The Morgan fingerprint density at radius 3 is 1.85 bits per heavy atom. The number of aryl methyl sites for hydroxylation is 2. The summed E-state index contributed by atoms with van der Waals surface area (Å²) < 4.78 is 112. The molecule has 0 aliphatic rings. The highest BCUT2D eigenvalue weighted by molar-refractivity contribution is 7.87. The summed E-state index contributed by atoms with van der Waals surface area (Å²) in [7, 11) is -10.1. The Bertz CT molecular complexity index is 3690. The topological polar surface area (TPSA) is 320 Å². The lowest BCUT2D eigenvalue weighted by molar-refractivity contribution is 0.102. The van der Waals surface area contributed by atoms with E-state index in [9.17, 15) is 48.8 Å². The van der Waals surface area contributed by atoms with Gasteiger partial charge in [-0.2, -0.15) is 40.6 Å². The molecule has 7 rings (SSSR count). The minimum absolute atomic E-state index is 0.0673. The zero-order valence-electron chi connectivity index (χ0n) is 37.9. The number of hydrogen-bond donors (Lipinski definition) is 6. The lowest BCUT2D eigenvalue weighted by Crippen LogP contribution is -2.25. The molecule has 6 N–H and O–H groups in total. The molecule has 0 unspecified atom stereocenters. The van der Waals surface area contributed by atoms with Crippen LogP contribution in [0.1, 0.15) is 21.5 Å². The van der Waals surface area contributed by atoms with E-state index in [4.69, 9.17) is 9.47 Å². The molecule has 366 valence electrons. The van der Waals surface area contributed by atoms with Gasteiger partial charge in [0, 0.05) is 35.8 Å². The second kappa shape index (κ2) is 20.4. The molecule has 0 bridgehead atoms. The summed E-state index contributed by atoms with van der Waals surface area (Å²) in [4.78, 5) is 10.4. The smallest absolute Gasteiger partial charge is 0.296 e. The first-order chi connectivity index (χ1) is 33.5. The summed E-state index contributed by atoms with van der Waals surface area (Å²) in [6.45, 7) is 3.52. The number of carbonyl (C=O) groups excluding carboxylic acids is 1. The van der Waals surface area contributed by atoms with Gasteiger partial charge in [-0.1, -0.05) is 18.2 Å². The lowest BCUT2D eigenvalue weighted by atomic mass is 10.1. The van der Waals surface area contributed by atoms with Gasteiger partial charge < -0.3 is 19.9 Å². The van der Waals surface area contributed by atoms with Crippen LogP contribution < -0.4 is 25.2 Å². The SMILES string of the molecule is COc1cc(NN(C)c2ccc(N=Nc3ccc(N=Nc4ccc(S(=O)(=O)O)cc4S(=O)(=O)O)c(C)c3)c(C)c2)c(OC)cc1N=Nc1c(S(=O)(=O)O)cc2cc(NC(=O)c3ccccc3)ccc2c1O. The van der Waals surface area contributed by atoms with E-state index in [2.05, 4.69) is 41.4 Å². The monoisotopic (exact) mass is 1020 g/mol. The van der Waals surface area contributed by atoms with Crippen LogP contribution in [0.4, 0.5) is 51.2 Å². The Kier molecular flexibility index (Phi) is 14.6. The number of aromatic hydroxyl groups is 1. The standard InChI is InChI=1S/C46H41N9O13S3/c1-26-19-31(12-16-35(26)50-51-37-18-14-33(69(58,59)60)23-42(37)70(61,62)63)48-49-36-17-13-32(20-27(36)2)55(3)54-39-25-40(67-4)38(24-41(39)68-5)52-53-44-43(71(64,65)66)22-29-21-30(11-15-34(29)45(44)56)47-46(57)28-9-7-6-8-10-28/h6-25,54,56H,1-5H3,(H,47,57)(H,58,59,60)(H,61,62,63)(H,64,65,66). The number of fused-ring (bicyclic) bond motifs is 1. The van der Waals surface area contributed by atoms with Crippen molar-refractivity contribution in [3.63, 3.8) is 0 Å². The fourth-order valence-electron chi connectivity index (χ4n) is 6.85. The fraction of sp³-hybridized carbons (Fsp3) is 0.109. The first-order valence-electron chi connectivity index (χ1n) is 20.5. The van der Waals surface area contributed by atoms with Crippen molar-refractivity contribution >= 4 is 98.2 Å². The predicted molar refractivity (Wildman–Crippen MR) is 262 cm³/mol. The van der Waals surface area contributed by atoms with E-state index in [1.165, 1.54) is 38.5 Å². The van der Waals surface area contributed by atoms with Gasteiger partial charge in [0.25, 0.3) is 36.3 Å². The minimum atomic E-state index is -4.97. The number of anilines is 3. The van der Waals surface area contributed by atoms with E-state index >= 15 is 0 Å². The summed E-state index contributed by atoms with van der Waals surface area (Å²) >= 11 is 0. The van der Waals surface area contributed by atoms with Crippen molar-refractivity contribution in [1.82, 2.24) is 0 Å². The number of ether oxygens (including phenoxy) is 2. The van der Waals surface area contributed by atoms with Crippen LogP contribution in [0.5, 0.6) is 17.2 Å². The van der Waals surface area contributed by atoms with E-state index in [1.54, 1.807) is 85.7 Å². The Hall–Kier alpha value is -8.20. The molecular weight excluding hydrogens is 983 g/mol. The van der Waals surface area contributed by atoms with Crippen molar-refractivity contribution in [1.29, 1.82) is 0 Å². The van der Waals surface area contributed by atoms with E-state index in [-0.39, 0.29) is 33.6 Å². The molecule has 0 saturated carbocycles. The molecule has 22 nitrogen and oxygen atoms in total. The normalized spacial score (nSPS) is 12.2. The lowest BCUT2D eigenvalue weighted by Gasteiger charge is -2.24. The average molecular weight is 1020 g/mol. The second-order valence-electron chi connectivity index (χ2n) is 15.3. The highest BCUT2D eigenvalue weighted by Gasteiger charge is 2.24. The van der Waals surface area contributed by atoms with Gasteiger partial charge in [0.05, 0.1) is 41.9 Å². The molecular formula is C46H41N9O13S3. The summed E-state index contributed by atoms with van der Waals surface area (Å²) in [5.74, 6) is -0.595. The third-order valence-corrected chi connectivity index (χ3v) is 13.1. The first-order valence-corrected chi connectivity index (χ1v) is 24.8. The Balaban J connectivity index is 1.07. The third kappa shape index (κ3) is 11.8. The summed E-state index contributed by atoms with van der Waals surface area (Å²) in [6, 6.07) is 29.6. The number of methoxy groups -OCH3 is 2. The number of nitrogens with zero attached hydrogens (tertiary/aromatic N) is 7.